The number of nitrogens with zero attached hydrogens (tertiary/aromatic N) is 4. The largest absolute Gasteiger partial charge is 0.378 e. The van der Waals surface area contributed by atoms with E-state index in [0.717, 1.165) is 24.0 Å². The Hall–Kier alpha value is -0.900. The minimum Gasteiger partial charge on any atom is -0.378 e. The molecule has 2 N–H and O–H groups in total. The van der Waals surface area contributed by atoms with Crippen molar-refractivity contribution in [1.29, 1.82) is 0 Å². The average molecular weight is 462 g/mol. The Labute approximate surface area is 167 Å². The minimum absolute atomic E-state index is 0. The van der Waals surface area contributed by atoms with Gasteiger partial charge in [-0.15, -0.1) is 34.2 Å². The first-order valence-electron chi connectivity index (χ1n) is 8.74. The van der Waals surface area contributed by atoms with Gasteiger partial charge in [0.1, 0.15) is 12.4 Å². The number of guanidine groups is 1. The SMILES string of the molecule is COC1(C)CC(NC(=NCc2nnc(C)n2C)NC2CC2)C1(C)C.I. The summed E-state index contributed by atoms with van der Waals surface area (Å²) in [6.07, 6.45) is 3.41. The molecule has 0 bridgehead atoms. The number of nitrogens with one attached hydrogen (secondary N) is 2. The predicted molar refractivity (Wildman–Crippen MR) is 109 cm³/mol. The van der Waals surface area contributed by atoms with Crippen LogP contribution in [-0.2, 0) is 18.3 Å². The summed E-state index contributed by atoms with van der Waals surface area (Å²) >= 11 is 0. The molecule has 1 aromatic rings. The second-order valence-corrected chi connectivity index (χ2v) is 7.86. The molecule has 25 heavy (non-hydrogen) atoms. The molecular weight excluding hydrogens is 431 g/mol. The monoisotopic (exact) mass is 462 g/mol. The van der Waals surface area contributed by atoms with E-state index in [-0.39, 0.29) is 35.0 Å². The van der Waals surface area contributed by atoms with E-state index in [2.05, 4.69) is 41.6 Å². The summed E-state index contributed by atoms with van der Waals surface area (Å²) in [5.74, 6) is 2.65. The van der Waals surface area contributed by atoms with Gasteiger partial charge in [0, 0.05) is 31.7 Å². The molecule has 1 aromatic heterocycles. The molecule has 3 rings (SSSR count). The smallest absolute Gasteiger partial charge is 0.192 e. The fourth-order valence-corrected chi connectivity index (χ4v) is 3.18. The lowest BCUT2D eigenvalue weighted by Crippen LogP contribution is -2.69. The van der Waals surface area contributed by atoms with Crippen molar-refractivity contribution in [2.75, 3.05) is 7.11 Å². The van der Waals surface area contributed by atoms with Gasteiger partial charge in [-0.3, -0.25) is 0 Å². The van der Waals surface area contributed by atoms with Gasteiger partial charge in [-0.25, -0.2) is 4.99 Å². The number of hydrogen-bond donors (Lipinski definition) is 2. The van der Waals surface area contributed by atoms with Crippen molar-refractivity contribution in [3.05, 3.63) is 11.6 Å². The van der Waals surface area contributed by atoms with Crippen molar-refractivity contribution in [2.45, 2.75) is 71.2 Å². The summed E-state index contributed by atoms with van der Waals surface area (Å²) in [7, 11) is 3.77. The van der Waals surface area contributed by atoms with E-state index in [4.69, 9.17) is 9.73 Å². The highest BCUT2D eigenvalue weighted by atomic mass is 127. The molecule has 0 spiro atoms. The summed E-state index contributed by atoms with van der Waals surface area (Å²) in [5.41, 5.74) is -0.0365. The fraction of sp³-hybridized carbons (Fsp3) is 0.824. The summed E-state index contributed by atoms with van der Waals surface area (Å²) in [5, 5.41) is 15.4. The maximum absolute atomic E-state index is 5.72. The first kappa shape index (κ1) is 20.4. The molecule has 142 valence electrons. The summed E-state index contributed by atoms with van der Waals surface area (Å²) in [6.45, 7) is 9.15. The van der Waals surface area contributed by atoms with Gasteiger partial charge in [-0.2, -0.15) is 0 Å². The average Bonchev–Trinajstić information content (AvgIpc) is 3.31. The normalized spacial score (nSPS) is 28.1. The maximum atomic E-state index is 5.72. The van der Waals surface area contributed by atoms with Crippen LogP contribution in [0.15, 0.2) is 4.99 Å². The molecule has 2 atom stereocenters. The Balaban J connectivity index is 0.00000225. The quantitative estimate of drug-likeness (QED) is 0.399. The number of ether oxygens (including phenoxy) is 1. The van der Waals surface area contributed by atoms with E-state index < -0.39 is 0 Å². The Bertz CT molecular complexity index is 639. The van der Waals surface area contributed by atoms with E-state index in [9.17, 15) is 0 Å². The Morgan fingerprint density at radius 1 is 1.28 bits per heavy atom. The van der Waals surface area contributed by atoms with Crippen LogP contribution in [0.3, 0.4) is 0 Å². The van der Waals surface area contributed by atoms with Gasteiger partial charge in [-0.05, 0) is 33.1 Å². The number of hydrogen-bond acceptors (Lipinski definition) is 4. The van der Waals surface area contributed by atoms with Crippen molar-refractivity contribution in [3.8, 4) is 0 Å². The van der Waals surface area contributed by atoms with Gasteiger partial charge in [-0.1, -0.05) is 13.8 Å². The molecule has 8 heteroatoms. The van der Waals surface area contributed by atoms with Crippen LogP contribution in [0.1, 0.15) is 51.7 Å². The number of aryl methyl sites for hydroxylation is 1. The number of methoxy groups -OCH3 is 1. The first-order chi connectivity index (χ1) is 11.3. The van der Waals surface area contributed by atoms with Crippen LogP contribution in [0.5, 0.6) is 0 Å². The molecule has 2 aliphatic carbocycles. The van der Waals surface area contributed by atoms with Crippen LogP contribution in [0.4, 0.5) is 0 Å². The zero-order valence-corrected chi connectivity index (χ0v) is 18.4. The lowest BCUT2D eigenvalue weighted by atomic mass is 9.56. The van der Waals surface area contributed by atoms with Gasteiger partial charge in [0.25, 0.3) is 0 Å². The third kappa shape index (κ3) is 3.94. The van der Waals surface area contributed by atoms with Crippen LogP contribution < -0.4 is 10.6 Å². The van der Waals surface area contributed by atoms with E-state index in [0.29, 0.717) is 18.6 Å². The van der Waals surface area contributed by atoms with Crippen molar-refractivity contribution < 1.29 is 4.74 Å². The minimum atomic E-state index is -0.0872. The topological polar surface area (TPSA) is 76.4 Å². The highest BCUT2D eigenvalue weighted by Crippen LogP contribution is 2.51. The molecule has 2 unspecified atom stereocenters. The van der Waals surface area contributed by atoms with Crippen molar-refractivity contribution >= 4 is 29.9 Å². The first-order valence-corrected chi connectivity index (χ1v) is 8.74. The maximum Gasteiger partial charge on any atom is 0.192 e. The zero-order chi connectivity index (χ0) is 17.5. The van der Waals surface area contributed by atoms with Crippen LogP contribution in [0.2, 0.25) is 0 Å². The second-order valence-electron chi connectivity index (χ2n) is 7.86. The molecule has 0 saturated heterocycles. The number of aliphatic imine (C=N–C) groups is 1. The van der Waals surface area contributed by atoms with Gasteiger partial charge in [0.05, 0.1) is 5.60 Å². The van der Waals surface area contributed by atoms with Crippen LogP contribution in [-0.4, -0.2) is 45.5 Å². The van der Waals surface area contributed by atoms with E-state index in [1.165, 1.54) is 12.8 Å². The molecule has 0 amide bonds. The fourth-order valence-electron chi connectivity index (χ4n) is 3.18. The number of rotatable bonds is 5. The molecule has 0 aliphatic heterocycles. The molecule has 2 aliphatic rings. The van der Waals surface area contributed by atoms with E-state index in [1.54, 1.807) is 7.11 Å². The van der Waals surface area contributed by atoms with Crippen molar-refractivity contribution in [3.63, 3.8) is 0 Å². The van der Waals surface area contributed by atoms with Crippen LogP contribution >= 0.6 is 24.0 Å². The molecular formula is C17H31IN6O. The summed E-state index contributed by atoms with van der Waals surface area (Å²) in [6, 6.07) is 0.892. The Kier molecular flexibility index (Phi) is 6.03. The molecule has 1 heterocycles. The highest BCUT2D eigenvalue weighted by Gasteiger charge is 2.58. The molecule has 0 radical (unpaired) electrons. The molecule has 2 saturated carbocycles. The van der Waals surface area contributed by atoms with Crippen LogP contribution in [0, 0.1) is 12.3 Å². The summed E-state index contributed by atoms with van der Waals surface area (Å²) in [4.78, 5) is 4.74. The van der Waals surface area contributed by atoms with Crippen LogP contribution in [0.25, 0.3) is 0 Å². The molecule has 7 nitrogen and oxygen atoms in total. The third-order valence-corrected chi connectivity index (χ3v) is 6.07. The lowest BCUT2D eigenvalue weighted by Gasteiger charge is -2.59. The second kappa shape index (κ2) is 7.38. The zero-order valence-electron chi connectivity index (χ0n) is 16.1. The third-order valence-electron chi connectivity index (χ3n) is 6.07. The Morgan fingerprint density at radius 2 is 1.96 bits per heavy atom. The van der Waals surface area contributed by atoms with Gasteiger partial charge < -0.3 is 19.9 Å². The lowest BCUT2D eigenvalue weighted by molar-refractivity contribution is -0.176. The number of halogens is 1. The van der Waals surface area contributed by atoms with Gasteiger partial charge in [0.15, 0.2) is 11.8 Å². The van der Waals surface area contributed by atoms with E-state index in [1.807, 2.05) is 18.5 Å². The number of aromatic nitrogens is 3. The van der Waals surface area contributed by atoms with E-state index >= 15 is 0 Å². The van der Waals surface area contributed by atoms with Gasteiger partial charge >= 0.3 is 0 Å². The molecule has 2 fully saturated rings. The Morgan fingerprint density at radius 3 is 2.44 bits per heavy atom. The standard InChI is InChI=1S/C17H30N6O.HI/c1-11-21-22-14(23(11)5)10-18-15(19-12-7-8-12)20-13-9-17(4,24-6)16(13,2)3;/h12-13H,7-10H2,1-6H3,(H2,18,19,20);1H. The summed E-state index contributed by atoms with van der Waals surface area (Å²) < 4.78 is 7.70. The highest BCUT2D eigenvalue weighted by molar-refractivity contribution is 14.0. The predicted octanol–water partition coefficient (Wildman–Crippen LogP) is 2.14. The van der Waals surface area contributed by atoms with Crippen molar-refractivity contribution in [1.82, 2.24) is 25.4 Å². The molecule has 0 aromatic carbocycles. The van der Waals surface area contributed by atoms with Gasteiger partial charge in [0.2, 0.25) is 0 Å². The van der Waals surface area contributed by atoms with Crippen molar-refractivity contribution in [2.24, 2.45) is 17.5 Å².